The van der Waals surface area contributed by atoms with Crippen LogP contribution in [0.2, 0.25) is 0 Å². The molecule has 0 radical (unpaired) electrons. The zero-order chi connectivity index (χ0) is 18.7. The van der Waals surface area contributed by atoms with E-state index in [2.05, 4.69) is 57.0 Å². The van der Waals surface area contributed by atoms with Crippen molar-refractivity contribution in [3.8, 4) is 6.07 Å². The van der Waals surface area contributed by atoms with E-state index in [1.54, 1.807) is 13.8 Å². The summed E-state index contributed by atoms with van der Waals surface area (Å²) < 4.78 is 10.6. The zero-order valence-electron chi connectivity index (χ0n) is 16.5. The maximum atomic E-state index is 12.6. The normalized spacial score (nSPS) is 26.6. The van der Waals surface area contributed by atoms with E-state index in [9.17, 15) is 4.79 Å². The van der Waals surface area contributed by atoms with Gasteiger partial charge in [-0.15, -0.1) is 0 Å². The molecular weight excluding hydrogens is 321 g/mol. The van der Waals surface area contributed by atoms with Crippen molar-refractivity contribution in [3.05, 3.63) is 0 Å². The van der Waals surface area contributed by atoms with Crippen LogP contribution in [0.15, 0.2) is 0 Å². The number of carbonyl (C=O) groups is 1. The molecule has 1 fully saturated rings. The second-order valence-corrected chi connectivity index (χ2v) is 9.96. The summed E-state index contributed by atoms with van der Waals surface area (Å²) in [6, 6.07) is 3.79. The summed E-state index contributed by atoms with van der Waals surface area (Å²) in [6.45, 7) is 16.9. The molecule has 1 aliphatic rings. The monoisotopic (exact) mass is 355 g/mol. The van der Waals surface area contributed by atoms with E-state index < -0.39 is 13.8 Å². The van der Waals surface area contributed by atoms with Gasteiger partial charge in [0, 0.05) is 24.2 Å². The minimum atomic E-state index is -0.749. The highest BCUT2D eigenvalue weighted by Gasteiger charge is 2.42. The summed E-state index contributed by atoms with van der Waals surface area (Å²) in [5, 5.41) is 8.88. The lowest BCUT2D eigenvalue weighted by Crippen LogP contribution is -2.52. The number of nitriles is 1. The molecule has 5 nitrogen and oxygen atoms in total. The van der Waals surface area contributed by atoms with E-state index in [1.807, 2.05) is 0 Å². The average Bonchev–Trinajstić information content (AvgIpc) is 2.35. The largest absolute Gasteiger partial charge is 0.458 e. The second kappa shape index (κ2) is 8.61. The fourth-order valence-electron chi connectivity index (χ4n) is 3.68. The van der Waals surface area contributed by atoms with E-state index in [4.69, 9.17) is 10.00 Å². The van der Waals surface area contributed by atoms with Crippen LogP contribution in [0.1, 0.15) is 68.2 Å². The summed E-state index contributed by atoms with van der Waals surface area (Å²) in [5.41, 5.74) is -0.723. The van der Waals surface area contributed by atoms with E-state index in [0.29, 0.717) is 30.3 Å². The van der Waals surface area contributed by atoms with Gasteiger partial charge in [0.2, 0.25) is 0 Å². The summed E-state index contributed by atoms with van der Waals surface area (Å²) >= 11 is 0. The number of hydrogen-bond acceptors (Lipinski definition) is 5. The molecule has 2 unspecified atom stereocenters. The minimum Gasteiger partial charge on any atom is -0.458 e. The van der Waals surface area contributed by atoms with Crippen LogP contribution in [0.4, 0.5) is 0 Å². The molecule has 2 atom stereocenters. The average molecular weight is 355 g/mol. The first-order valence-electron chi connectivity index (χ1n) is 8.93. The number of nitrogens with zero attached hydrogens (tertiary/aromatic N) is 3. The summed E-state index contributed by atoms with van der Waals surface area (Å²) in [5.74, 6) is -0.195. The van der Waals surface area contributed by atoms with Crippen LogP contribution in [0.3, 0.4) is 0 Å². The van der Waals surface area contributed by atoms with Crippen LogP contribution in [0, 0.1) is 11.3 Å². The smallest absolute Gasteiger partial charge is 0.313 e. The van der Waals surface area contributed by atoms with Crippen molar-refractivity contribution in [3.63, 3.8) is 0 Å². The highest BCUT2D eigenvalue weighted by atomic mass is 31.1. The van der Waals surface area contributed by atoms with Crippen molar-refractivity contribution >= 4 is 14.2 Å². The predicted octanol–water partition coefficient (Wildman–Crippen LogP) is 4.14. The van der Waals surface area contributed by atoms with E-state index >= 15 is 0 Å². The van der Waals surface area contributed by atoms with Crippen molar-refractivity contribution in [1.29, 1.82) is 5.26 Å². The standard InChI is InChI=1S/C18H34N3O2P/c1-13(2)20-15(5)11-16(6)21(14(3)4)24(20)12-17(22)23-18(7,8)9-10-19/h13-16H,9,11-12H2,1-8H3. The molecule has 0 aromatic carbocycles. The first-order valence-corrected chi connectivity index (χ1v) is 10.4. The fourth-order valence-corrected chi connectivity index (χ4v) is 6.71. The number of hydrogen-bond donors (Lipinski definition) is 0. The molecule has 0 N–H and O–H groups in total. The van der Waals surface area contributed by atoms with Gasteiger partial charge in [-0.1, -0.05) is 0 Å². The highest BCUT2D eigenvalue weighted by Crippen LogP contribution is 2.54. The van der Waals surface area contributed by atoms with Crippen molar-refractivity contribution in [2.45, 2.75) is 98.0 Å². The van der Waals surface area contributed by atoms with Crippen molar-refractivity contribution in [2.75, 3.05) is 6.16 Å². The summed E-state index contributed by atoms with van der Waals surface area (Å²) in [7, 11) is -0.749. The van der Waals surface area contributed by atoms with Gasteiger partial charge in [0.1, 0.15) is 5.60 Å². The maximum absolute atomic E-state index is 12.6. The third kappa shape index (κ3) is 5.41. The number of esters is 1. The van der Waals surface area contributed by atoms with Gasteiger partial charge in [-0.25, -0.2) is 0 Å². The summed E-state index contributed by atoms with van der Waals surface area (Å²) in [4.78, 5) is 12.6. The van der Waals surface area contributed by atoms with Gasteiger partial charge in [0.15, 0.2) is 0 Å². The minimum absolute atomic E-state index is 0.195. The molecule has 24 heavy (non-hydrogen) atoms. The first kappa shape index (κ1) is 21.4. The Morgan fingerprint density at radius 1 is 1.21 bits per heavy atom. The van der Waals surface area contributed by atoms with Crippen LogP contribution < -0.4 is 0 Å². The summed E-state index contributed by atoms with van der Waals surface area (Å²) in [6.07, 6.45) is 1.73. The lowest BCUT2D eigenvalue weighted by molar-refractivity contribution is -0.152. The van der Waals surface area contributed by atoms with Crippen LogP contribution in [0.25, 0.3) is 0 Å². The van der Waals surface area contributed by atoms with Gasteiger partial charge in [-0.05, 0) is 61.8 Å². The molecule has 0 aromatic heterocycles. The third-order valence-corrected chi connectivity index (χ3v) is 7.66. The third-order valence-electron chi connectivity index (χ3n) is 4.34. The van der Waals surface area contributed by atoms with Crippen molar-refractivity contribution in [2.24, 2.45) is 0 Å². The Morgan fingerprint density at radius 3 is 2.04 bits per heavy atom. The van der Waals surface area contributed by atoms with Crippen LogP contribution in [0.5, 0.6) is 0 Å². The Hall–Kier alpha value is -0.690. The highest BCUT2D eigenvalue weighted by molar-refractivity contribution is 7.53. The molecule has 1 saturated heterocycles. The van der Waals surface area contributed by atoms with Gasteiger partial charge in [-0.2, -0.15) is 5.26 Å². The lowest BCUT2D eigenvalue weighted by atomic mass is 10.1. The Balaban J connectivity index is 2.98. The molecule has 0 spiro atoms. The fraction of sp³-hybridized carbons (Fsp3) is 0.889. The number of rotatable bonds is 6. The van der Waals surface area contributed by atoms with E-state index in [-0.39, 0.29) is 12.4 Å². The van der Waals surface area contributed by atoms with E-state index in [0.717, 1.165) is 6.42 Å². The molecule has 0 aromatic rings. The van der Waals surface area contributed by atoms with Crippen molar-refractivity contribution < 1.29 is 9.53 Å². The molecular formula is C18H34N3O2P. The van der Waals surface area contributed by atoms with Crippen molar-refractivity contribution in [1.82, 2.24) is 9.34 Å². The Morgan fingerprint density at radius 2 is 1.67 bits per heavy atom. The van der Waals surface area contributed by atoms with E-state index in [1.165, 1.54) is 0 Å². The second-order valence-electron chi connectivity index (χ2n) is 7.98. The zero-order valence-corrected chi connectivity index (χ0v) is 17.4. The topological polar surface area (TPSA) is 56.6 Å². The molecule has 1 aliphatic heterocycles. The van der Waals surface area contributed by atoms with Gasteiger partial charge < -0.3 is 4.74 Å². The van der Waals surface area contributed by atoms with Crippen LogP contribution in [-0.2, 0) is 9.53 Å². The van der Waals surface area contributed by atoms with Gasteiger partial charge in [0.25, 0.3) is 0 Å². The Labute approximate surface area is 149 Å². The van der Waals surface area contributed by atoms with Gasteiger partial charge in [-0.3, -0.25) is 14.1 Å². The van der Waals surface area contributed by atoms with Crippen LogP contribution in [-0.4, -0.2) is 51.2 Å². The molecule has 1 rings (SSSR count). The molecule has 0 aliphatic carbocycles. The molecule has 1 heterocycles. The first-order chi connectivity index (χ1) is 11.0. The van der Waals surface area contributed by atoms with Crippen LogP contribution >= 0.6 is 8.22 Å². The predicted molar refractivity (Wildman–Crippen MR) is 99.7 cm³/mol. The van der Waals surface area contributed by atoms with Gasteiger partial charge in [0.05, 0.1) is 26.9 Å². The molecule has 6 heteroatoms. The molecule has 0 bridgehead atoms. The SMILES string of the molecule is CC(C)N1C(C)CC(C)N(C(C)C)P1CC(=O)OC(C)(C)CC#N. The molecule has 0 saturated carbocycles. The number of ether oxygens (including phenoxy) is 1. The Bertz CT molecular complexity index is 453. The number of carbonyl (C=O) groups excluding carboxylic acids is 1. The van der Waals surface area contributed by atoms with Gasteiger partial charge >= 0.3 is 5.97 Å². The lowest BCUT2D eigenvalue weighted by Gasteiger charge is -2.53. The molecule has 0 amide bonds. The quantitative estimate of drug-likeness (QED) is 0.529. The maximum Gasteiger partial charge on any atom is 0.313 e. The molecule has 138 valence electrons. The Kier molecular flexibility index (Phi) is 7.66.